The van der Waals surface area contributed by atoms with Crippen LogP contribution in [0.1, 0.15) is 27.3 Å². The van der Waals surface area contributed by atoms with E-state index in [2.05, 4.69) is 31.0 Å². The number of hydrogen-bond donors (Lipinski definition) is 1. The predicted octanol–water partition coefficient (Wildman–Crippen LogP) is 4.53. The second kappa shape index (κ2) is 8.18. The van der Waals surface area contributed by atoms with Crippen molar-refractivity contribution in [2.24, 2.45) is 5.10 Å². The number of non-ortho nitro benzene ring substituents is 1. The van der Waals surface area contributed by atoms with Gasteiger partial charge in [-0.2, -0.15) is 5.10 Å². The third-order valence-corrected chi connectivity index (χ3v) is 4.94. The fourth-order valence-corrected chi connectivity index (χ4v) is 3.34. The number of nitro benzene ring substituents is 1. The molecule has 2 aromatic carbocycles. The lowest BCUT2D eigenvalue weighted by atomic mass is 10.2. The Morgan fingerprint density at radius 1 is 1.18 bits per heavy atom. The Balaban J connectivity index is 1.76. The third-order valence-electron chi connectivity index (χ3n) is 4.27. The molecule has 0 saturated carbocycles. The summed E-state index contributed by atoms with van der Waals surface area (Å²) in [5.74, 6) is -0.439. The van der Waals surface area contributed by atoms with Gasteiger partial charge in [-0.25, -0.2) is 5.43 Å². The van der Waals surface area contributed by atoms with Crippen molar-refractivity contribution in [1.82, 2.24) is 9.99 Å². The van der Waals surface area contributed by atoms with E-state index >= 15 is 0 Å². The first-order valence-corrected chi connectivity index (χ1v) is 9.19. The molecule has 0 saturated heterocycles. The van der Waals surface area contributed by atoms with Crippen molar-refractivity contribution in [3.05, 3.63) is 91.7 Å². The highest BCUT2D eigenvalue weighted by Gasteiger charge is 2.12. The Hall–Kier alpha value is -3.26. The van der Waals surface area contributed by atoms with Crippen molar-refractivity contribution in [3.8, 4) is 5.69 Å². The Morgan fingerprint density at radius 3 is 2.50 bits per heavy atom. The van der Waals surface area contributed by atoms with Crippen molar-refractivity contribution in [2.45, 2.75) is 13.8 Å². The summed E-state index contributed by atoms with van der Waals surface area (Å²) < 4.78 is 3.08. The molecule has 0 aliphatic rings. The van der Waals surface area contributed by atoms with Crippen LogP contribution in [0.15, 0.2) is 64.2 Å². The monoisotopic (exact) mass is 440 g/mol. The number of aromatic nitrogens is 1. The lowest BCUT2D eigenvalue weighted by molar-refractivity contribution is -0.384. The van der Waals surface area contributed by atoms with Gasteiger partial charge in [-0.15, -0.1) is 0 Å². The number of nitrogens with zero attached hydrogens (tertiary/aromatic N) is 3. The number of para-hydroxylation sites is 1. The van der Waals surface area contributed by atoms with Gasteiger partial charge in [0, 0.05) is 39.1 Å². The molecule has 0 bridgehead atoms. The average molecular weight is 441 g/mol. The highest BCUT2D eigenvalue weighted by molar-refractivity contribution is 9.10. The molecule has 1 N–H and O–H groups in total. The quantitative estimate of drug-likeness (QED) is 0.359. The minimum atomic E-state index is -0.513. The molecule has 1 amide bonds. The average Bonchev–Trinajstić information content (AvgIpc) is 2.96. The Labute approximate surface area is 170 Å². The van der Waals surface area contributed by atoms with Crippen LogP contribution in [-0.4, -0.2) is 21.6 Å². The number of aryl methyl sites for hydroxylation is 1. The van der Waals surface area contributed by atoms with Crippen LogP contribution >= 0.6 is 15.9 Å². The van der Waals surface area contributed by atoms with Gasteiger partial charge in [0.25, 0.3) is 11.6 Å². The molecule has 0 unspecified atom stereocenters. The van der Waals surface area contributed by atoms with Crippen molar-refractivity contribution in [2.75, 3.05) is 0 Å². The van der Waals surface area contributed by atoms with Crippen molar-refractivity contribution in [1.29, 1.82) is 0 Å². The van der Waals surface area contributed by atoms with Gasteiger partial charge in [0.15, 0.2) is 0 Å². The van der Waals surface area contributed by atoms with Crippen molar-refractivity contribution < 1.29 is 9.72 Å². The fraction of sp³-hybridized carbons (Fsp3) is 0.100. The normalized spacial score (nSPS) is 11.0. The highest BCUT2D eigenvalue weighted by atomic mass is 79.9. The molecule has 0 radical (unpaired) electrons. The molecule has 142 valence electrons. The van der Waals surface area contributed by atoms with Gasteiger partial charge >= 0.3 is 0 Å². The topological polar surface area (TPSA) is 89.5 Å². The number of rotatable bonds is 5. The van der Waals surface area contributed by atoms with Crippen LogP contribution in [-0.2, 0) is 0 Å². The molecule has 3 rings (SSSR count). The number of carbonyl (C=O) groups is 1. The summed E-state index contributed by atoms with van der Waals surface area (Å²) in [5, 5.41) is 14.7. The van der Waals surface area contributed by atoms with E-state index in [0.29, 0.717) is 5.56 Å². The fourth-order valence-electron chi connectivity index (χ4n) is 2.88. The van der Waals surface area contributed by atoms with Crippen LogP contribution in [0.25, 0.3) is 5.69 Å². The molecule has 28 heavy (non-hydrogen) atoms. The number of carbonyl (C=O) groups excluding carboxylic acids is 1. The zero-order valence-electron chi connectivity index (χ0n) is 15.2. The van der Waals surface area contributed by atoms with Crippen LogP contribution in [0.4, 0.5) is 5.69 Å². The third kappa shape index (κ3) is 4.01. The summed E-state index contributed by atoms with van der Waals surface area (Å²) in [6.45, 7) is 3.98. The van der Waals surface area contributed by atoms with E-state index in [-0.39, 0.29) is 5.69 Å². The molecule has 0 atom stereocenters. The van der Waals surface area contributed by atoms with Gasteiger partial charge in [-0.3, -0.25) is 14.9 Å². The standard InChI is InChI=1S/C20H17BrN4O3/c1-13-11-16(14(2)24(13)19-6-4-3-5-18(19)21)12-22-23-20(26)15-7-9-17(10-8-15)25(27)28/h3-12H,1-2H3,(H,23,26). The van der Waals surface area contributed by atoms with Crippen molar-refractivity contribution in [3.63, 3.8) is 0 Å². The largest absolute Gasteiger partial charge is 0.317 e. The molecule has 8 heteroatoms. The number of amides is 1. The van der Waals surface area contributed by atoms with E-state index in [4.69, 9.17) is 0 Å². The Bertz CT molecular complexity index is 1070. The maximum absolute atomic E-state index is 12.1. The van der Waals surface area contributed by atoms with E-state index in [1.807, 2.05) is 44.2 Å². The summed E-state index contributed by atoms with van der Waals surface area (Å²) in [4.78, 5) is 22.3. The van der Waals surface area contributed by atoms with Gasteiger partial charge in [0.1, 0.15) is 0 Å². The van der Waals surface area contributed by atoms with E-state index in [0.717, 1.165) is 27.1 Å². The van der Waals surface area contributed by atoms with Gasteiger partial charge in [0.05, 0.1) is 16.8 Å². The lowest BCUT2D eigenvalue weighted by Gasteiger charge is -2.11. The lowest BCUT2D eigenvalue weighted by Crippen LogP contribution is -2.17. The number of halogens is 1. The van der Waals surface area contributed by atoms with Crippen LogP contribution < -0.4 is 5.43 Å². The molecule has 7 nitrogen and oxygen atoms in total. The molecule has 0 aliphatic carbocycles. The van der Waals surface area contributed by atoms with Gasteiger partial charge in [-0.1, -0.05) is 12.1 Å². The van der Waals surface area contributed by atoms with Crippen molar-refractivity contribution >= 4 is 33.7 Å². The second-order valence-electron chi connectivity index (χ2n) is 6.12. The summed E-state index contributed by atoms with van der Waals surface area (Å²) in [6, 6.07) is 15.2. The highest BCUT2D eigenvalue weighted by Crippen LogP contribution is 2.26. The zero-order valence-corrected chi connectivity index (χ0v) is 16.8. The second-order valence-corrected chi connectivity index (χ2v) is 6.97. The maximum atomic E-state index is 12.1. The van der Waals surface area contributed by atoms with E-state index < -0.39 is 10.8 Å². The molecule has 1 heterocycles. The first-order chi connectivity index (χ1) is 13.4. The predicted molar refractivity (Wildman–Crippen MR) is 111 cm³/mol. The van der Waals surface area contributed by atoms with E-state index in [1.165, 1.54) is 24.3 Å². The van der Waals surface area contributed by atoms with Gasteiger partial charge < -0.3 is 4.57 Å². The number of nitro groups is 1. The number of hydrazone groups is 1. The van der Waals surface area contributed by atoms with E-state index in [1.54, 1.807) is 6.21 Å². The first kappa shape index (κ1) is 19.5. The molecule has 0 fully saturated rings. The van der Waals surface area contributed by atoms with Gasteiger partial charge in [-0.05, 0) is 60.1 Å². The van der Waals surface area contributed by atoms with Crippen LogP contribution in [0.5, 0.6) is 0 Å². The maximum Gasteiger partial charge on any atom is 0.271 e. The summed E-state index contributed by atoms with van der Waals surface area (Å²) in [7, 11) is 0. The van der Waals surface area contributed by atoms with Crippen LogP contribution in [0.2, 0.25) is 0 Å². The Kier molecular flexibility index (Phi) is 5.70. The Morgan fingerprint density at radius 2 is 1.86 bits per heavy atom. The molecular weight excluding hydrogens is 424 g/mol. The molecule has 1 aromatic heterocycles. The molecular formula is C20H17BrN4O3. The number of nitrogens with one attached hydrogen (secondary N) is 1. The molecule has 0 spiro atoms. The molecule has 0 aliphatic heterocycles. The van der Waals surface area contributed by atoms with Gasteiger partial charge in [0.2, 0.25) is 0 Å². The SMILES string of the molecule is Cc1cc(C=NNC(=O)c2ccc([N+](=O)[O-])cc2)c(C)n1-c1ccccc1Br. The summed E-state index contributed by atoms with van der Waals surface area (Å²) >= 11 is 3.57. The van der Waals surface area contributed by atoms with Crippen LogP contribution in [0, 0.1) is 24.0 Å². The van der Waals surface area contributed by atoms with Crippen LogP contribution in [0.3, 0.4) is 0 Å². The first-order valence-electron chi connectivity index (χ1n) is 8.40. The smallest absolute Gasteiger partial charge is 0.271 e. The summed E-state index contributed by atoms with van der Waals surface area (Å²) in [5.41, 5.74) is 6.58. The number of benzene rings is 2. The zero-order chi connectivity index (χ0) is 20.3. The summed E-state index contributed by atoms with van der Waals surface area (Å²) in [6.07, 6.45) is 1.58. The van der Waals surface area contributed by atoms with E-state index in [9.17, 15) is 14.9 Å². The number of hydrogen-bond acceptors (Lipinski definition) is 4. The minimum absolute atomic E-state index is 0.0698. The molecule has 3 aromatic rings. The minimum Gasteiger partial charge on any atom is -0.317 e.